The molecule has 0 aromatic rings. The van der Waals surface area contributed by atoms with Crippen LogP contribution in [0.5, 0.6) is 0 Å². The Morgan fingerprint density at radius 3 is 1.80 bits per heavy atom. The summed E-state index contributed by atoms with van der Waals surface area (Å²) in [5.74, 6) is 0. The highest BCUT2D eigenvalue weighted by Crippen LogP contribution is 2.33. The van der Waals surface area contributed by atoms with Gasteiger partial charge in [0, 0.05) is 0 Å². The van der Waals surface area contributed by atoms with E-state index in [0.29, 0.717) is 6.42 Å². The zero-order valence-corrected chi connectivity index (χ0v) is 8.54. The lowest BCUT2D eigenvalue weighted by Crippen LogP contribution is -2.51. The van der Waals surface area contributed by atoms with Crippen LogP contribution in [0.1, 0.15) is 6.42 Å². The summed E-state index contributed by atoms with van der Waals surface area (Å²) in [5.41, 5.74) is 0. The Morgan fingerprint density at radius 2 is 1.47 bits per heavy atom. The van der Waals surface area contributed by atoms with Gasteiger partial charge in [-0.15, -0.1) is 0 Å². The molecule has 2 rings (SSSR count). The second-order valence-electron chi connectivity index (χ2n) is 3.38. The van der Waals surface area contributed by atoms with Crippen LogP contribution in [0.4, 0.5) is 9.59 Å². The number of nitrogens with zero attached hydrogens (tertiary/aromatic N) is 2. The van der Waals surface area contributed by atoms with Gasteiger partial charge in [-0.25, -0.2) is 19.6 Å². The van der Waals surface area contributed by atoms with Gasteiger partial charge < -0.3 is 9.47 Å². The summed E-state index contributed by atoms with van der Waals surface area (Å²) in [6.45, 7) is 0. The van der Waals surface area contributed by atoms with Gasteiger partial charge in [-0.05, 0) is 6.42 Å². The van der Waals surface area contributed by atoms with Crippen LogP contribution in [0.15, 0.2) is 12.2 Å². The molecule has 82 valence electrons. The third-order valence-corrected chi connectivity index (χ3v) is 2.62. The molecule has 2 atom stereocenters. The molecule has 6 heteroatoms. The summed E-state index contributed by atoms with van der Waals surface area (Å²) in [7, 11) is 2.57. The molecule has 6 nitrogen and oxygen atoms in total. The lowest BCUT2D eigenvalue weighted by molar-refractivity contribution is -0.00351. The van der Waals surface area contributed by atoms with Crippen molar-refractivity contribution in [2.75, 3.05) is 14.2 Å². The number of hydrazine groups is 1. The van der Waals surface area contributed by atoms with E-state index in [0.717, 1.165) is 0 Å². The van der Waals surface area contributed by atoms with Gasteiger partial charge >= 0.3 is 12.2 Å². The molecule has 0 radical (unpaired) electrons. The topological polar surface area (TPSA) is 59.1 Å². The number of hydrogen-bond donors (Lipinski definition) is 0. The fourth-order valence-corrected chi connectivity index (χ4v) is 1.98. The van der Waals surface area contributed by atoms with Crippen LogP contribution in [-0.2, 0) is 9.47 Å². The quantitative estimate of drug-likeness (QED) is 0.556. The summed E-state index contributed by atoms with van der Waals surface area (Å²) in [4.78, 5) is 22.9. The van der Waals surface area contributed by atoms with Crippen molar-refractivity contribution in [3.05, 3.63) is 12.2 Å². The minimum atomic E-state index is -0.544. The molecule has 15 heavy (non-hydrogen) atoms. The first-order valence-corrected chi connectivity index (χ1v) is 4.61. The Bertz CT molecular complexity index is 298. The monoisotopic (exact) mass is 212 g/mol. The molecular formula is C9H12N2O4. The molecular weight excluding hydrogens is 200 g/mol. The van der Waals surface area contributed by atoms with Crippen molar-refractivity contribution in [2.24, 2.45) is 0 Å². The number of carbonyl (C=O) groups excluding carboxylic acids is 2. The van der Waals surface area contributed by atoms with Gasteiger partial charge in [0.05, 0.1) is 26.3 Å². The summed E-state index contributed by atoms with van der Waals surface area (Å²) in [6.07, 6.45) is 3.40. The molecule has 1 saturated heterocycles. The largest absolute Gasteiger partial charge is 0.451 e. The predicted molar refractivity (Wildman–Crippen MR) is 49.8 cm³/mol. The molecule has 0 spiro atoms. The van der Waals surface area contributed by atoms with Crippen LogP contribution in [0.3, 0.4) is 0 Å². The molecule has 0 aromatic carbocycles. The average molecular weight is 212 g/mol. The number of rotatable bonds is 0. The molecule has 1 heterocycles. The van der Waals surface area contributed by atoms with E-state index < -0.39 is 12.2 Å². The highest BCUT2D eigenvalue weighted by molar-refractivity contribution is 5.76. The Balaban J connectivity index is 2.24. The predicted octanol–water partition coefficient (Wildman–Crippen LogP) is 0.749. The standard InChI is InChI=1S/C9H12N2O4/c1-14-8(12)10-6-3-4-7(5-6)11(10)9(13)15-2/h3-4,6-7H,5H2,1-2H3/t6-,7-/m1/s1. The molecule has 0 unspecified atom stereocenters. The highest BCUT2D eigenvalue weighted by Gasteiger charge is 2.47. The van der Waals surface area contributed by atoms with E-state index in [4.69, 9.17) is 0 Å². The van der Waals surface area contributed by atoms with Gasteiger partial charge in [0.15, 0.2) is 0 Å². The molecule has 1 aliphatic carbocycles. The second-order valence-corrected chi connectivity index (χ2v) is 3.38. The van der Waals surface area contributed by atoms with Crippen molar-refractivity contribution >= 4 is 12.2 Å². The average Bonchev–Trinajstić information content (AvgIpc) is 2.86. The van der Waals surface area contributed by atoms with Gasteiger partial charge in [0.25, 0.3) is 0 Å². The Labute approximate surface area is 87.0 Å². The molecule has 0 N–H and O–H groups in total. The normalized spacial score (nSPS) is 27.1. The van der Waals surface area contributed by atoms with Gasteiger partial charge in [-0.1, -0.05) is 12.2 Å². The minimum absolute atomic E-state index is 0.0958. The maximum atomic E-state index is 11.5. The zero-order chi connectivity index (χ0) is 11.0. The summed E-state index contributed by atoms with van der Waals surface area (Å²) >= 11 is 0. The lowest BCUT2D eigenvalue weighted by atomic mass is 10.2. The molecule has 1 aliphatic heterocycles. The SMILES string of the molecule is COC(=O)N1[C@@H]2C=C[C@H](C2)N1C(=O)OC. The molecule has 2 amide bonds. The first-order valence-electron chi connectivity index (χ1n) is 4.61. The number of hydrogen-bond acceptors (Lipinski definition) is 4. The highest BCUT2D eigenvalue weighted by atomic mass is 16.6. The van der Waals surface area contributed by atoms with Crippen molar-refractivity contribution < 1.29 is 19.1 Å². The van der Waals surface area contributed by atoms with E-state index in [2.05, 4.69) is 9.47 Å². The van der Waals surface area contributed by atoms with Gasteiger partial charge in [0.1, 0.15) is 0 Å². The number of methoxy groups -OCH3 is 2. The van der Waals surface area contributed by atoms with Crippen LogP contribution in [0.25, 0.3) is 0 Å². The third-order valence-electron chi connectivity index (χ3n) is 2.62. The second kappa shape index (κ2) is 3.45. The van der Waals surface area contributed by atoms with E-state index in [1.807, 2.05) is 12.2 Å². The van der Waals surface area contributed by atoms with Crippen LogP contribution in [0.2, 0.25) is 0 Å². The third kappa shape index (κ3) is 1.33. The van der Waals surface area contributed by atoms with E-state index in [1.54, 1.807) is 0 Å². The van der Waals surface area contributed by atoms with Gasteiger partial charge in [-0.2, -0.15) is 0 Å². The van der Waals surface area contributed by atoms with E-state index >= 15 is 0 Å². The van der Waals surface area contributed by atoms with Crippen molar-refractivity contribution in [1.29, 1.82) is 0 Å². The van der Waals surface area contributed by atoms with E-state index in [1.165, 1.54) is 24.2 Å². The first kappa shape index (κ1) is 9.82. The Hall–Kier alpha value is -1.72. The van der Waals surface area contributed by atoms with Crippen LogP contribution >= 0.6 is 0 Å². The summed E-state index contributed by atoms with van der Waals surface area (Å²) in [6, 6.07) is -0.192. The van der Waals surface area contributed by atoms with Crippen LogP contribution < -0.4 is 0 Å². The van der Waals surface area contributed by atoms with Crippen LogP contribution in [-0.4, -0.2) is 48.5 Å². The maximum Gasteiger partial charge on any atom is 0.429 e. The van der Waals surface area contributed by atoms with Gasteiger partial charge in [-0.3, -0.25) is 0 Å². The van der Waals surface area contributed by atoms with Crippen LogP contribution in [0, 0.1) is 0 Å². The Morgan fingerprint density at radius 1 is 1.07 bits per heavy atom. The number of fused-ring (bicyclic) bond motifs is 2. The number of ether oxygens (including phenoxy) is 2. The van der Waals surface area contributed by atoms with Crippen molar-refractivity contribution in [3.8, 4) is 0 Å². The first-order chi connectivity index (χ1) is 7.19. The molecule has 2 aliphatic rings. The number of carbonyl (C=O) groups is 2. The van der Waals surface area contributed by atoms with Crippen molar-refractivity contribution in [3.63, 3.8) is 0 Å². The molecule has 1 fully saturated rings. The summed E-state index contributed by atoms with van der Waals surface area (Å²) in [5, 5.41) is 2.58. The van der Waals surface area contributed by atoms with E-state index in [-0.39, 0.29) is 12.1 Å². The maximum absolute atomic E-state index is 11.5. The number of amides is 2. The molecule has 0 aromatic heterocycles. The summed E-state index contributed by atoms with van der Waals surface area (Å²) < 4.78 is 9.23. The Kier molecular flexibility index (Phi) is 2.26. The fraction of sp³-hybridized carbons (Fsp3) is 0.556. The fourth-order valence-electron chi connectivity index (χ4n) is 1.98. The van der Waals surface area contributed by atoms with Crippen molar-refractivity contribution in [1.82, 2.24) is 10.0 Å². The van der Waals surface area contributed by atoms with Crippen molar-refractivity contribution in [2.45, 2.75) is 18.5 Å². The molecule has 0 saturated carbocycles. The smallest absolute Gasteiger partial charge is 0.429 e. The van der Waals surface area contributed by atoms with Gasteiger partial charge in [0.2, 0.25) is 0 Å². The van der Waals surface area contributed by atoms with E-state index in [9.17, 15) is 9.59 Å². The minimum Gasteiger partial charge on any atom is -0.451 e. The molecule has 2 bridgehead atoms. The zero-order valence-electron chi connectivity index (χ0n) is 8.54. The lowest BCUT2D eigenvalue weighted by Gasteiger charge is -2.32.